The Morgan fingerprint density at radius 2 is 2.10 bits per heavy atom. The number of thioether (sulfide) groups is 1. The van der Waals surface area contributed by atoms with Crippen LogP contribution in [0.3, 0.4) is 0 Å². The smallest absolute Gasteiger partial charge is 0.253 e. The summed E-state index contributed by atoms with van der Waals surface area (Å²) in [4.78, 5) is 28.7. The minimum atomic E-state index is -0.421. The molecular formula is C18H18Cl2N6O2S2. The maximum Gasteiger partial charge on any atom is 0.253 e. The molecule has 0 radical (unpaired) electrons. The van der Waals surface area contributed by atoms with Crippen LogP contribution in [0, 0.1) is 0 Å². The van der Waals surface area contributed by atoms with Gasteiger partial charge in [-0.2, -0.15) is 0 Å². The molecule has 0 saturated heterocycles. The number of rotatable bonds is 8. The van der Waals surface area contributed by atoms with Crippen LogP contribution in [-0.4, -0.2) is 37.3 Å². The largest absolute Gasteiger partial charge is 0.342 e. The van der Waals surface area contributed by atoms with Crippen LogP contribution < -0.4 is 10.6 Å². The number of nitrogens with one attached hydrogen (secondary N) is 2. The van der Waals surface area contributed by atoms with E-state index in [2.05, 4.69) is 25.8 Å². The number of benzene rings is 1. The first-order chi connectivity index (χ1) is 14.4. The van der Waals surface area contributed by atoms with E-state index in [0.29, 0.717) is 33.2 Å². The summed E-state index contributed by atoms with van der Waals surface area (Å²) in [6.45, 7) is 4.33. The van der Waals surface area contributed by atoms with E-state index in [9.17, 15) is 9.59 Å². The minimum absolute atomic E-state index is 0.166. The predicted molar refractivity (Wildman–Crippen MR) is 120 cm³/mol. The van der Waals surface area contributed by atoms with Gasteiger partial charge in [-0.3, -0.25) is 9.59 Å². The predicted octanol–water partition coefficient (Wildman–Crippen LogP) is 4.28. The van der Waals surface area contributed by atoms with E-state index in [1.165, 1.54) is 29.2 Å². The number of nitrogens with zero attached hydrogens (tertiary/aromatic N) is 4. The summed E-state index contributed by atoms with van der Waals surface area (Å²) in [6, 6.07) is 4.27. The average Bonchev–Trinajstić information content (AvgIpc) is 3.35. The van der Waals surface area contributed by atoms with E-state index in [0.717, 1.165) is 0 Å². The maximum absolute atomic E-state index is 12.6. The van der Waals surface area contributed by atoms with E-state index >= 15 is 0 Å². The average molecular weight is 485 g/mol. The Kier molecular flexibility index (Phi) is 7.70. The molecule has 0 saturated carbocycles. The zero-order valence-corrected chi connectivity index (χ0v) is 19.2. The van der Waals surface area contributed by atoms with Gasteiger partial charge in [-0.1, -0.05) is 35.0 Å². The number of carbonyl (C=O) groups excluding carboxylic acids is 2. The van der Waals surface area contributed by atoms with Crippen LogP contribution in [0.2, 0.25) is 10.0 Å². The topological polar surface area (TPSA) is 102 Å². The van der Waals surface area contributed by atoms with Crippen molar-refractivity contribution in [2.75, 3.05) is 11.1 Å². The zero-order chi connectivity index (χ0) is 21.7. The van der Waals surface area contributed by atoms with Crippen molar-refractivity contribution in [1.82, 2.24) is 25.1 Å². The van der Waals surface area contributed by atoms with Crippen molar-refractivity contribution in [1.29, 1.82) is 0 Å². The van der Waals surface area contributed by atoms with Gasteiger partial charge in [0.1, 0.15) is 0 Å². The first-order valence-corrected chi connectivity index (χ1v) is 11.5. The number of carbonyl (C=O) groups is 2. The van der Waals surface area contributed by atoms with Crippen LogP contribution in [0.4, 0.5) is 5.13 Å². The fourth-order valence-electron chi connectivity index (χ4n) is 2.61. The molecule has 158 valence electrons. The van der Waals surface area contributed by atoms with Gasteiger partial charge in [-0.25, -0.2) is 4.98 Å². The number of hydrogen-bond donors (Lipinski definition) is 2. The Hall–Kier alpha value is -2.14. The fourth-order valence-corrected chi connectivity index (χ4v) is 4.46. The van der Waals surface area contributed by atoms with Gasteiger partial charge in [0.05, 0.1) is 22.4 Å². The number of amides is 2. The lowest BCUT2D eigenvalue weighted by Gasteiger charge is -2.15. The highest BCUT2D eigenvalue weighted by Gasteiger charge is 2.21. The Bertz CT molecular complexity index is 1040. The normalized spacial score (nSPS) is 11.9. The molecule has 2 amide bonds. The molecule has 0 spiro atoms. The molecule has 30 heavy (non-hydrogen) atoms. The highest BCUT2D eigenvalue weighted by atomic mass is 35.5. The minimum Gasteiger partial charge on any atom is -0.342 e. The van der Waals surface area contributed by atoms with E-state index in [4.69, 9.17) is 23.2 Å². The van der Waals surface area contributed by atoms with Crippen molar-refractivity contribution < 1.29 is 9.59 Å². The molecule has 2 heterocycles. The van der Waals surface area contributed by atoms with Crippen molar-refractivity contribution >= 4 is 63.2 Å². The molecule has 1 atom stereocenters. The van der Waals surface area contributed by atoms with Gasteiger partial charge in [-0.05, 0) is 32.0 Å². The summed E-state index contributed by atoms with van der Waals surface area (Å²) in [5.74, 6) is 0.227. The van der Waals surface area contributed by atoms with Crippen LogP contribution in [0.25, 0.3) is 0 Å². The molecule has 2 aromatic heterocycles. The highest BCUT2D eigenvalue weighted by molar-refractivity contribution is 7.99. The third-order valence-electron chi connectivity index (χ3n) is 3.98. The van der Waals surface area contributed by atoms with Gasteiger partial charge in [-0.15, -0.1) is 21.5 Å². The Labute approximate surface area is 191 Å². The van der Waals surface area contributed by atoms with Crippen LogP contribution in [0.15, 0.2) is 34.9 Å². The maximum atomic E-state index is 12.6. The molecule has 2 N–H and O–H groups in total. The van der Waals surface area contributed by atoms with E-state index in [-0.39, 0.29) is 22.6 Å². The van der Waals surface area contributed by atoms with Crippen molar-refractivity contribution in [2.24, 2.45) is 0 Å². The lowest BCUT2D eigenvalue weighted by Crippen LogP contribution is -2.29. The summed E-state index contributed by atoms with van der Waals surface area (Å²) in [7, 11) is 0. The second-order valence-corrected chi connectivity index (χ2v) is 8.76. The van der Waals surface area contributed by atoms with E-state index in [1.807, 2.05) is 18.4 Å². The Morgan fingerprint density at radius 3 is 2.77 bits per heavy atom. The molecule has 0 fully saturated rings. The van der Waals surface area contributed by atoms with Gasteiger partial charge in [0, 0.05) is 23.1 Å². The highest BCUT2D eigenvalue weighted by Crippen LogP contribution is 2.24. The Morgan fingerprint density at radius 1 is 1.30 bits per heavy atom. The summed E-state index contributed by atoms with van der Waals surface area (Å²) < 4.78 is 1.86. The van der Waals surface area contributed by atoms with Gasteiger partial charge in [0.25, 0.3) is 5.91 Å². The van der Waals surface area contributed by atoms with E-state index < -0.39 is 6.04 Å². The lowest BCUT2D eigenvalue weighted by molar-refractivity contribution is -0.113. The van der Waals surface area contributed by atoms with Crippen LogP contribution in [-0.2, 0) is 11.3 Å². The second-order valence-electron chi connectivity index (χ2n) is 6.08. The molecule has 3 aromatic rings. The third-order valence-corrected chi connectivity index (χ3v) is 6.19. The quantitative estimate of drug-likeness (QED) is 0.462. The number of halogens is 2. The van der Waals surface area contributed by atoms with Crippen molar-refractivity contribution in [3.8, 4) is 0 Å². The standard InChI is InChI=1S/C18H18Cl2N6O2S2/c1-3-26-15(10(2)22-16(28)12-5-4-11(19)8-13(12)20)24-25-18(26)30-9-14(27)23-17-21-6-7-29-17/h4-8,10H,3,9H2,1-2H3,(H,22,28)(H,21,23,27)/t10-/m1/s1. The van der Waals surface area contributed by atoms with Crippen molar-refractivity contribution in [3.05, 3.63) is 51.2 Å². The molecule has 0 aliphatic rings. The lowest BCUT2D eigenvalue weighted by atomic mass is 10.2. The van der Waals surface area contributed by atoms with Crippen LogP contribution in [0.1, 0.15) is 36.1 Å². The van der Waals surface area contributed by atoms with Gasteiger partial charge >= 0.3 is 0 Å². The van der Waals surface area contributed by atoms with Gasteiger partial charge < -0.3 is 15.2 Å². The molecular weight excluding hydrogens is 467 g/mol. The zero-order valence-electron chi connectivity index (χ0n) is 16.1. The number of aromatic nitrogens is 4. The summed E-state index contributed by atoms with van der Waals surface area (Å²) in [6.07, 6.45) is 1.63. The first-order valence-electron chi connectivity index (χ1n) is 8.90. The number of anilines is 1. The SMILES string of the molecule is CCn1c(SCC(=O)Nc2nccs2)nnc1[C@@H](C)NC(=O)c1ccc(Cl)cc1Cl. The molecule has 3 rings (SSSR count). The molecule has 0 unspecified atom stereocenters. The van der Waals surface area contributed by atoms with Crippen LogP contribution >= 0.6 is 46.3 Å². The molecule has 1 aromatic carbocycles. The summed E-state index contributed by atoms with van der Waals surface area (Å²) >= 11 is 14.6. The van der Waals surface area contributed by atoms with E-state index in [1.54, 1.807) is 23.7 Å². The molecule has 8 nitrogen and oxygen atoms in total. The number of hydrogen-bond acceptors (Lipinski definition) is 7. The van der Waals surface area contributed by atoms with Crippen molar-refractivity contribution in [2.45, 2.75) is 31.6 Å². The van der Waals surface area contributed by atoms with Crippen molar-refractivity contribution in [3.63, 3.8) is 0 Å². The fraction of sp³-hybridized carbons (Fsp3) is 0.278. The van der Waals surface area contributed by atoms with Gasteiger partial charge in [0.15, 0.2) is 16.1 Å². The Balaban J connectivity index is 1.65. The third kappa shape index (κ3) is 5.51. The molecule has 0 aliphatic carbocycles. The molecule has 12 heteroatoms. The molecule has 0 aliphatic heterocycles. The summed E-state index contributed by atoms with van der Waals surface area (Å²) in [5, 5.41) is 17.6. The first kappa shape index (κ1) is 22.5. The van der Waals surface area contributed by atoms with Crippen LogP contribution in [0.5, 0.6) is 0 Å². The monoisotopic (exact) mass is 484 g/mol. The number of thiazole rings is 1. The summed E-state index contributed by atoms with van der Waals surface area (Å²) in [5.41, 5.74) is 0.323. The van der Waals surface area contributed by atoms with Gasteiger partial charge in [0.2, 0.25) is 5.91 Å². The second kappa shape index (κ2) is 10.3. The molecule has 0 bridgehead atoms.